The highest BCUT2D eigenvalue weighted by Crippen LogP contribution is 2.30. The first-order valence-electron chi connectivity index (χ1n) is 6.91. The van der Waals surface area contributed by atoms with E-state index in [0.717, 1.165) is 18.4 Å². The average Bonchev–Trinajstić information content (AvgIpc) is 2.85. The lowest BCUT2D eigenvalue weighted by Gasteiger charge is -2.07. The molecule has 3 rings (SSSR count). The van der Waals surface area contributed by atoms with Crippen molar-refractivity contribution in [3.63, 3.8) is 0 Å². The third kappa shape index (κ3) is 2.46. The molecule has 0 aliphatic heterocycles. The van der Waals surface area contributed by atoms with E-state index in [9.17, 15) is 4.39 Å². The van der Waals surface area contributed by atoms with Gasteiger partial charge in [0.25, 0.3) is 0 Å². The Morgan fingerprint density at radius 1 is 1.24 bits per heavy atom. The van der Waals surface area contributed by atoms with E-state index in [1.165, 1.54) is 12.1 Å². The summed E-state index contributed by atoms with van der Waals surface area (Å²) in [6.45, 7) is 3.91. The van der Waals surface area contributed by atoms with Gasteiger partial charge in [-0.25, -0.2) is 14.4 Å². The number of anilines is 1. The Balaban J connectivity index is 2.16. The van der Waals surface area contributed by atoms with Crippen LogP contribution in [0.25, 0.3) is 22.4 Å². The molecule has 0 amide bonds. The number of nitrogens with zero attached hydrogens (tertiary/aromatic N) is 2. The monoisotopic (exact) mass is 285 g/mol. The smallest absolute Gasteiger partial charge is 0.154 e. The number of nitrogens with two attached hydrogens (primary N) is 1. The van der Waals surface area contributed by atoms with Crippen molar-refractivity contribution in [3.8, 4) is 11.5 Å². The molecule has 0 atom stereocenters. The van der Waals surface area contributed by atoms with Crippen molar-refractivity contribution in [1.82, 2.24) is 9.97 Å². The fraction of sp³-hybridized carbons (Fsp3) is 0.250. The molecule has 3 aromatic rings. The standard InChI is InChI=1S/C16H16FN3O/c1-3-4-14-19-15(9(2)16(18)20-14)13-8-10-7-11(17)5-6-12(10)21-13/h5-8H,3-4H2,1-2H3,(H2,18,19,20). The molecular weight excluding hydrogens is 269 g/mol. The van der Waals surface area contributed by atoms with Crippen LogP contribution in [0.1, 0.15) is 24.7 Å². The quantitative estimate of drug-likeness (QED) is 0.793. The summed E-state index contributed by atoms with van der Waals surface area (Å²) in [4.78, 5) is 8.81. The molecule has 0 saturated heterocycles. The lowest BCUT2D eigenvalue weighted by molar-refractivity contribution is 0.616. The average molecular weight is 285 g/mol. The molecule has 0 saturated carbocycles. The molecule has 0 unspecified atom stereocenters. The maximum absolute atomic E-state index is 13.3. The second kappa shape index (κ2) is 5.16. The molecule has 0 radical (unpaired) electrons. The Hall–Kier alpha value is -2.43. The van der Waals surface area contributed by atoms with Crippen LogP contribution in [0, 0.1) is 12.7 Å². The van der Waals surface area contributed by atoms with Gasteiger partial charge in [0.1, 0.15) is 28.7 Å². The molecule has 2 heterocycles. The van der Waals surface area contributed by atoms with Gasteiger partial charge in [0, 0.05) is 17.4 Å². The van der Waals surface area contributed by atoms with Gasteiger partial charge < -0.3 is 10.2 Å². The molecular formula is C16H16FN3O. The molecule has 2 N–H and O–H groups in total. The second-order valence-corrected chi connectivity index (χ2v) is 5.04. The van der Waals surface area contributed by atoms with Crippen LogP contribution >= 0.6 is 0 Å². The molecule has 108 valence electrons. The fourth-order valence-corrected chi connectivity index (χ4v) is 2.29. The third-order valence-electron chi connectivity index (χ3n) is 3.42. The Bertz CT molecular complexity index is 811. The van der Waals surface area contributed by atoms with E-state index >= 15 is 0 Å². The van der Waals surface area contributed by atoms with E-state index < -0.39 is 0 Å². The minimum Gasteiger partial charge on any atom is -0.454 e. The van der Waals surface area contributed by atoms with Gasteiger partial charge in [0.05, 0.1) is 0 Å². The van der Waals surface area contributed by atoms with Crippen LogP contribution in [0.15, 0.2) is 28.7 Å². The highest BCUT2D eigenvalue weighted by molar-refractivity contribution is 5.83. The molecule has 1 aromatic carbocycles. The zero-order valence-electron chi connectivity index (χ0n) is 12.0. The number of aryl methyl sites for hydroxylation is 1. The lowest BCUT2D eigenvalue weighted by Crippen LogP contribution is -2.04. The van der Waals surface area contributed by atoms with Crippen molar-refractivity contribution in [1.29, 1.82) is 0 Å². The summed E-state index contributed by atoms with van der Waals surface area (Å²) < 4.78 is 19.0. The first kappa shape index (κ1) is 13.5. The minimum atomic E-state index is -0.291. The summed E-state index contributed by atoms with van der Waals surface area (Å²) in [7, 11) is 0. The summed E-state index contributed by atoms with van der Waals surface area (Å²) in [5.41, 5.74) is 8.02. The first-order chi connectivity index (χ1) is 10.1. The summed E-state index contributed by atoms with van der Waals surface area (Å²) in [5, 5.41) is 0.707. The summed E-state index contributed by atoms with van der Waals surface area (Å²) in [6.07, 6.45) is 1.69. The zero-order chi connectivity index (χ0) is 15.0. The van der Waals surface area contributed by atoms with Gasteiger partial charge in [-0.15, -0.1) is 0 Å². The molecule has 2 aromatic heterocycles. The van der Waals surface area contributed by atoms with E-state index in [0.29, 0.717) is 34.1 Å². The maximum atomic E-state index is 13.3. The lowest BCUT2D eigenvalue weighted by atomic mass is 10.1. The van der Waals surface area contributed by atoms with Crippen molar-refractivity contribution in [3.05, 3.63) is 41.5 Å². The van der Waals surface area contributed by atoms with Gasteiger partial charge in [0.15, 0.2) is 5.76 Å². The predicted molar refractivity (Wildman–Crippen MR) is 80.3 cm³/mol. The molecule has 0 aliphatic carbocycles. The van der Waals surface area contributed by atoms with Crippen molar-refractivity contribution < 1.29 is 8.81 Å². The fourth-order valence-electron chi connectivity index (χ4n) is 2.29. The Labute approximate surface area is 121 Å². The number of halogens is 1. The first-order valence-corrected chi connectivity index (χ1v) is 6.91. The van der Waals surface area contributed by atoms with Gasteiger partial charge in [-0.05, 0) is 37.6 Å². The van der Waals surface area contributed by atoms with E-state index in [-0.39, 0.29) is 5.82 Å². The van der Waals surface area contributed by atoms with Crippen LogP contribution in [-0.4, -0.2) is 9.97 Å². The zero-order valence-corrected chi connectivity index (χ0v) is 12.0. The van der Waals surface area contributed by atoms with Crippen LogP contribution in [-0.2, 0) is 6.42 Å². The van der Waals surface area contributed by atoms with Crippen molar-refractivity contribution in [2.45, 2.75) is 26.7 Å². The molecule has 0 aliphatic rings. The normalized spacial score (nSPS) is 11.2. The van der Waals surface area contributed by atoms with Crippen molar-refractivity contribution in [2.24, 2.45) is 0 Å². The number of hydrogen-bond donors (Lipinski definition) is 1. The van der Waals surface area contributed by atoms with Gasteiger partial charge in [-0.3, -0.25) is 0 Å². The molecule has 0 spiro atoms. The number of fused-ring (bicyclic) bond motifs is 1. The highest BCUT2D eigenvalue weighted by atomic mass is 19.1. The number of benzene rings is 1. The molecule has 4 nitrogen and oxygen atoms in total. The Morgan fingerprint density at radius 2 is 2.05 bits per heavy atom. The molecule has 21 heavy (non-hydrogen) atoms. The highest BCUT2D eigenvalue weighted by Gasteiger charge is 2.15. The molecule has 0 bridgehead atoms. The Kier molecular flexibility index (Phi) is 3.33. The van der Waals surface area contributed by atoms with Crippen LogP contribution in [0.2, 0.25) is 0 Å². The number of nitrogen functional groups attached to an aromatic ring is 1. The van der Waals surface area contributed by atoms with E-state index in [1.54, 1.807) is 12.1 Å². The van der Waals surface area contributed by atoms with Crippen molar-refractivity contribution in [2.75, 3.05) is 5.73 Å². The van der Waals surface area contributed by atoms with Crippen LogP contribution in [0.3, 0.4) is 0 Å². The number of furan rings is 1. The number of rotatable bonds is 3. The SMILES string of the molecule is CCCc1nc(N)c(C)c(-c2cc3cc(F)ccc3o2)n1. The van der Waals surface area contributed by atoms with E-state index in [1.807, 2.05) is 6.92 Å². The number of hydrogen-bond acceptors (Lipinski definition) is 4. The predicted octanol–water partition coefficient (Wildman–Crippen LogP) is 3.87. The van der Waals surface area contributed by atoms with Crippen LogP contribution in [0.5, 0.6) is 0 Å². The van der Waals surface area contributed by atoms with E-state index in [2.05, 4.69) is 16.9 Å². The van der Waals surface area contributed by atoms with Gasteiger partial charge >= 0.3 is 0 Å². The van der Waals surface area contributed by atoms with Crippen LogP contribution < -0.4 is 5.73 Å². The van der Waals surface area contributed by atoms with Crippen LogP contribution in [0.4, 0.5) is 10.2 Å². The van der Waals surface area contributed by atoms with E-state index in [4.69, 9.17) is 10.2 Å². The second-order valence-electron chi connectivity index (χ2n) is 5.04. The Morgan fingerprint density at radius 3 is 2.81 bits per heavy atom. The van der Waals surface area contributed by atoms with Gasteiger partial charge in [-0.2, -0.15) is 0 Å². The van der Waals surface area contributed by atoms with Crippen molar-refractivity contribution >= 4 is 16.8 Å². The third-order valence-corrected chi connectivity index (χ3v) is 3.42. The topological polar surface area (TPSA) is 64.9 Å². The molecule has 0 fully saturated rings. The van der Waals surface area contributed by atoms with Gasteiger partial charge in [-0.1, -0.05) is 6.92 Å². The largest absolute Gasteiger partial charge is 0.454 e. The van der Waals surface area contributed by atoms with Gasteiger partial charge in [0.2, 0.25) is 0 Å². The summed E-state index contributed by atoms with van der Waals surface area (Å²) in [5.74, 6) is 1.44. The maximum Gasteiger partial charge on any atom is 0.154 e. The minimum absolute atomic E-state index is 0.291. The summed E-state index contributed by atoms with van der Waals surface area (Å²) >= 11 is 0. The summed E-state index contributed by atoms with van der Waals surface area (Å²) in [6, 6.07) is 6.21. The molecule has 5 heteroatoms. The number of aromatic nitrogens is 2.